The molecule has 0 atom stereocenters. The van der Waals surface area contributed by atoms with Gasteiger partial charge in [0.05, 0.1) is 12.2 Å². The number of halogens is 3. The maximum absolute atomic E-state index is 13.4. The summed E-state index contributed by atoms with van der Waals surface area (Å²) in [6.07, 6.45) is -2.50. The average molecular weight is 357 g/mol. The fourth-order valence-electron chi connectivity index (χ4n) is 2.87. The molecule has 0 saturated heterocycles. The molecule has 1 saturated carbocycles. The van der Waals surface area contributed by atoms with Crippen molar-refractivity contribution in [2.24, 2.45) is 5.92 Å². The summed E-state index contributed by atoms with van der Waals surface area (Å²) < 4.78 is 45.5. The molecule has 2 aliphatic rings. The molecule has 0 spiro atoms. The van der Waals surface area contributed by atoms with Crippen LogP contribution in [0.2, 0.25) is 0 Å². The maximum atomic E-state index is 13.4. The SMILES string of the molecule is CC(C)(C)OC(=O)N1CCc2c(nc(CC3CC3)nc2C(F)(F)F)C1. The zero-order chi connectivity index (χ0) is 18.4. The van der Waals surface area contributed by atoms with Gasteiger partial charge in [0.2, 0.25) is 0 Å². The van der Waals surface area contributed by atoms with E-state index < -0.39 is 23.6 Å². The highest BCUT2D eigenvalue weighted by Gasteiger charge is 2.40. The van der Waals surface area contributed by atoms with Gasteiger partial charge in [-0.1, -0.05) is 0 Å². The number of hydrogen-bond donors (Lipinski definition) is 0. The summed E-state index contributed by atoms with van der Waals surface area (Å²) in [6.45, 7) is 5.44. The van der Waals surface area contributed by atoms with Gasteiger partial charge in [0, 0.05) is 18.5 Å². The molecule has 0 N–H and O–H groups in total. The minimum Gasteiger partial charge on any atom is -0.444 e. The fraction of sp³-hybridized carbons (Fsp3) is 0.706. The second kappa shape index (κ2) is 6.14. The molecular formula is C17H22F3N3O2. The van der Waals surface area contributed by atoms with Gasteiger partial charge in [-0.25, -0.2) is 14.8 Å². The van der Waals surface area contributed by atoms with Gasteiger partial charge < -0.3 is 9.64 Å². The molecule has 138 valence electrons. The molecule has 25 heavy (non-hydrogen) atoms. The first-order valence-corrected chi connectivity index (χ1v) is 8.47. The summed E-state index contributed by atoms with van der Waals surface area (Å²) in [5.41, 5.74) is -1.11. The summed E-state index contributed by atoms with van der Waals surface area (Å²) in [6, 6.07) is 0. The molecule has 0 unspecified atom stereocenters. The predicted octanol–water partition coefficient (Wildman–Crippen LogP) is 3.74. The molecule has 1 amide bonds. The van der Waals surface area contributed by atoms with Crippen molar-refractivity contribution >= 4 is 6.09 Å². The number of rotatable bonds is 2. The Bertz CT molecular complexity index is 679. The Morgan fingerprint density at radius 1 is 1.24 bits per heavy atom. The van der Waals surface area contributed by atoms with Crippen LogP contribution < -0.4 is 0 Å². The van der Waals surface area contributed by atoms with Crippen LogP contribution in [0.1, 0.15) is 56.4 Å². The lowest BCUT2D eigenvalue weighted by Gasteiger charge is -2.31. The molecule has 0 bridgehead atoms. The first-order valence-electron chi connectivity index (χ1n) is 8.47. The highest BCUT2D eigenvalue weighted by atomic mass is 19.4. The molecular weight excluding hydrogens is 335 g/mol. The largest absolute Gasteiger partial charge is 0.444 e. The second-order valence-electron chi connectivity index (χ2n) is 7.71. The topological polar surface area (TPSA) is 55.3 Å². The minimum atomic E-state index is -4.51. The van der Waals surface area contributed by atoms with Crippen molar-refractivity contribution in [3.05, 3.63) is 22.8 Å². The molecule has 5 nitrogen and oxygen atoms in total. The number of hydrogen-bond acceptors (Lipinski definition) is 4. The molecule has 3 rings (SSSR count). The van der Waals surface area contributed by atoms with Gasteiger partial charge in [0.25, 0.3) is 0 Å². The number of alkyl halides is 3. The number of amides is 1. The molecule has 8 heteroatoms. The first kappa shape index (κ1) is 17.9. The van der Waals surface area contributed by atoms with Crippen molar-refractivity contribution in [3.63, 3.8) is 0 Å². The normalized spacial score (nSPS) is 18.1. The lowest BCUT2D eigenvalue weighted by molar-refractivity contribution is -0.142. The van der Waals surface area contributed by atoms with Crippen LogP contribution in [0.3, 0.4) is 0 Å². The molecule has 0 aromatic carbocycles. The molecule has 1 fully saturated rings. The Balaban J connectivity index is 1.88. The van der Waals surface area contributed by atoms with E-state index in [-0.39, 0.29) is 36.6 Å². The van der Waals surface area contributed by atoms with E-state index in [0.29, 0.717) is 12.3 Å². The van der Waals surface area contributed by atoms with Crippen LogP contribution in [0, 0.1) is 5.92 Å². The van der Waals surface area contributed by atoms with Crippen molar-refractivity contribution in [1.29, 1.82) is 0 Å². The zero-order valence-electron chi connectivity index (χ0n) is 14.6. The number of aromatic nitrogens is 2. The van der Waals surface area contributed by atoms with Gasteiger partial charge in [-0.2, -0.15) is 13.2 Å². The molecule has 0 radical (unpaired) electrons. The minimum absolute atomic E-state index is 0.0213. The Morgan fingerprint density at radius 3 is 2.48 bits per heavy atom. The predicted molar refractivity (Wildman–Crippen MR) is 83.8 cm³/mol. The second-order valence-corrected chi connectivity index (χ2v) is 7.71. The van der Waals surface area contributed by atoms with Crippen molar-refractivity contribution in [2.45, 2.75) is 64.8 Å². The maximum Gasteiger partial charge on any atom is 0.433 e. The van der Waals surface area contributed by atoms with Gasteiger partial charge in [0.15, 0.2) is 5.69 Å². The van der Waals surface area contributed by atoms with Crippen LogP contribution in [-0.2, 0) is 30.3 Å². The van der Waals surface area contributed by atoms with E-state index in [4.69, 9.17) is 4.74 Å². The van der Waals surface area contributed by atoms with Crippen LogP contribution in [-0.4, -0.2) is 33.1 Å². The van der Waals surface area contributed by atoms with Crippen LogP contribution in [0.25, 0.3) is 0 Å². The molecule has 1 aliphatic carbocycles. The van der Waals surface area contributed by atoms with Gasteiger partial charge in [0.1, 0.15) is 11.4 Å². The average Bonchev–Trinajstić information content (AvgIpc) is 3.27. The fourth-order valence-corrected chi connectivity index (χ4v) is 2.87. The van der Waals surface area contributed by atoms with E-state index in [2.05, 4.69) is 9.97 Å². The van der Waals surface area contributed by atoms with Crippen molar-refractivity contribution in [2.75, 3.05) is 6.54 Å². The third-order valence-electron chi connectivity index (χ3n) is 4.20. The van der Waals surface area contributed by atoms with Crippen LogP contribution >= 0.6 is 0 Å². The standard InChI is InChI=1S/C17H22F3N3O2/c1-16(2,3)25-15(24)23-7-6-11-12(9-23)21-13(8-10-4-5-10)22-14(11)17(18,19)20/h10H,4-9H2,1-3H3. The molecule has 2 heterocycles. The monoisotopic (exact) mass is 357 g/mol. The molecule has 1 aromatic heterocycles. The summed E-state index contributed by atoms with van der Waals surface area (Å²) in [4.78, 5) is 21.8. The summed E-state index contributed by atoms with van der Waals surface area (Å²) in [7, 11) is 0. The first-order chi connectivity index (χ1) is 11.5. The third kappa shape index (κ3) is 4.41. The van der Waals surface area contributed by atoms with E-state index in [0.717, 1.165) is 12.8 Å². The summed E-state index contributed by atoms with van der Waals surface area (Å²) in [5.74, 6) is 0.601. The van der Waals surface area contributed by atoms with E-state index in [9.17, 15) is 18.0 Å². The van der Waals surface area contributed by atoms with Crippen molar-refractivity contribution < 1.29 is 22.7 Å². The molecule has 1 aromatic rings. The summed E-state index contributed by atoms with van der Waals surface area (Å²) in [5, 5.41) is 0. The number of fused-ring (bicyclic) bond motifs is 1. The number of ether oxygens (including phenoxy) is 1. The van der Waals surface area contributed by atoms with E-state index in [1.165, 1.54) is 4.90 Å². The zero-order valence-corrected chi connectivity index (χ0v) is 14.6. The quantitative estimate of drug-likeness (QED) is 0.809. The van der Waals surface area contributed by atoms with Gasteiger partial charge in [-0.15, -0.1) is 0 Å². The number of carbonyl (C=O) groups excluding carboxylic acids is 1. The highest BCUT2D eigenvalue weighted by molar-refractivity contribution is 5.68. The van der Waals surface area contributed by atoms with Crippen molar-refractivity contribution in [1.82, 2.24) is 14.9 Å². The Hall–Kier alpha value is -1.86. The van der Waals surface area contributed by atoms with E-state index in [1.54, 1.807) is 20.8 Å². The number of carbonyl (C=O) groups is 1. The lowest BCUT2D eigenvalue weighted by Crippen LogP contribution is -2.41. The number of nitrogens with zero attached hydrogens (tertiary/aromatic N) is 3. The smallest absolute Gasteiger partial charge is 0.433 e. The van der Waals surface area contributed by atoms with Crippen LogP contribution in [0.15, 0.2) is 0 Å². The lowest BCUT2D eigenvalue weighted by atomic mass is 10.0. The highest BCUT2D eigenvalue weighted by Crippen LogP contribution is 2.36. The van der Waals surface area contributed by atoms with E-state index >= 15 is 0 Å². The summed E-state index contributed by atoms with van der Waals surface area (Å²) >= 11 is 0. The van der Waals surface area contributed by atoms with E-state index in [1.807, 2.05) is 0 Å². The van der Waals surface area contributed by atoms with Crippen molar-refractivity contribution in [3.8, 4) is 0 Å². The molecule has 1 aliphatic heterocycles. The Labute approximate surface area is 144 Å². The Kier molecular flexibility index (Phi) is 4.41. The van der Waals surface area contributed by atoms with Crippen LogP contribution in [0.4, 0.5) is 18.0 Å². The van der Waals surface area contributed by atoms with Gasteiger partial charge >= 0.3 is 12.3 Å². The van der Waals surface area contributed by atoms with Gasteiger partial charge in [-0.05, 0) is 46.0 Å². The third-order valence-corrected chi connectivity index (χ3v) is 4.20. The Morgan fingerprint density at radius 2 is 1.92 bits per heavy atom. The van der Waals surface area contributed by atoms with Gasteiger partial charge in [-0.3, -0.25) is 0 Å². The van der Waals surface area contributed by atoms with Crippen LogP contribution in [0.5, 0.6) is 0 Å².